The van der Waals surface area contributed by atoms with Crippen LogP contribution in [0, 0.1) is 6.92 Å². The lowest BCUT2D eigenvalue weighted by atomic mass is 10.0. The van der Waals surface area contributed by atoms with E-state index in [1.807, 2.05) is 73.0 Å². The molecule has 1 atom stereocenters. The van der Waals surface area contributed by atoms with Crippen molar-refractivity contribution in [2.24, 2.45) is 0 Å². The summed E-state index contributed by atoms with van der Waals surface area (Å²) in [7, 11) is 0. The molecule has 0 aliphatic rings. The topological polar surface area (TPSA) is 9.23 Å². The molecular formula is C25H19F3OS. The minimum atomic E-state index is -4.33. The van der Waals surface area contributed by atoms with Gasteiger partial charge in [0.25, 0.3) is 0 Å². The number of thiophene rings is 1. The van der Waals surface area contributed by atoms with Crippen molar-refractivity contribution >= 4 is 11.3 Å². The van der Waals surface area contributed by atoms with E-state index in [-0.39, 0.29) is 6.10 Å². The van der Waals surface area contributed by atoms with Gasteiger partial charge < -0.3 is 4.74 Å². The fourth-order valence-electron chi connectivity index (χ4n) is 3.24. The van der Waals surface area contributed by atoms with Crippen molar-refractivity contribution < 1.29 is 17.9 Å². The predicted molar refractivity (Wildman–Crippen MR) is 115 cm³/mol. The van der Waals surface area contributed by atoms with Crippen LogP contribution in [0.25, 0.3) is 10.4 Å². The van der Waals surface area contributed by atoms with Crippen molar-refractivity contribution in [2.75, 3.05) is 0 Å². The quantitative estimate of drug-likeness (QED) is 0.316. The van der Waals surface area contributed by atoms with Crippen LogP contribution >= 0.6 is 11.3 Å². The molecule has 0 aliphatic heterocycles. The molecule has 0 bridgehead atoms. The van der Waals surface area contributed by atoms with Gasteiger partial charge in [-0.2, -0.15) is 13.2 Å². The standard InChI is InChI=1S/C25H19F3OS/c1-17-6-5-9-22(14-17)29-24(19-7-3-2-4-8-19)20-15-23(30-16-20)18-10-12-21(13-11-18)25(26,27)28/h2-16,24H,1H3. The molecule has 4 rings (SSSR count). The summed E-state index contributed by atoms with van der Waals surface area (Å²) in [5.74, 6) is 0.770. The molecule has 0 saturated carbocycles. The second-order valence-electron chi connectivity index (χ2n) is 7.04. The van der Waals surface area contributed by atoms with E-state index in [1.54, 1.807) is 0 Å². The first-order chi connectivity index (χ1) is 14.4. The van der Waals surface area contributed by atoms with Crippen LogP contribution in [0.2, 0.25) is 0 Å². The molecule has 0 radical (unpaired) electrons. The van der Waals surface area contributed by atoms with Gasteiger partial charge in [-0.15, -0.1) is 11.3 Å². The van der Waals surface area contributed by atoms with Crippen LogP contribution in [-0.4, -0.2) is 0 Å². The Labute approximate surface area is 177 Å². The fraction of sp³-hybridized carbons (Fsp3) is 0.120. The number of aryl methyl sites for hydroxylation is 1. The van der Waals surface area contributed by atoms with Crippen molar-refractivity contribution in [1.82, 2.24) is 0 Å². The monoisotopic (exact) mass is 424 g/mol. The van der Waals surface area contributed by atoms with Crippen LogP contribution in [0.1, 0.15) is 28.4 Å². The lowest BCUT2D eigenvalue weighted by molar-refractivity contribution is -0.137. The summed E-state index contributed by atoms with van der Waals surface area (Å²) >= 11 is 1.49. The second-order valence-corrected chi connectivity index (χ2v) is 7.96. The number of hydrogen-bond acceptors (Lipinski definition) is 2. The highest BCUT2D eigenvalue weighted by Gasteiger charge is 2.30. The van der Waals surface area contributed by atoms with Crippen molar-refractivity contribution in [3.05, 3.63) is 113 Å². The first-order valence-corrected chi connectivity index (χ1v) is 10.3. The van der Waals surface area contributed by atoms with Crippen LogP contribution < -0.4 is 4.74 Å². The number of ether oxygens (including phenoxy) is 1. The molecule has 0 aliphatic carbocycles. The highest BCUT2D eigenvalue weighted by atomic mass is 32.1. The van der Waals surface area contributed by atoms with E-state index < -0.39 is 11.7 Å². The second kappa shape index (κ2) is 8.36. The van der Waals surface area contributed by atoms with Gasteiger partial charge in [0.15, 0.2) is 0 Å². The van der Waals surface area contributed by atoms with E-state index in [9.17, 15) is 13.2 Å². The maximum absolute atomic E-state index is 12.8. The Hall–Kier alpha value is -3.05. The highest BCUT2D eigenvalue weighted by Crippen LogP contribution is 2.37. The van der Waals surface area contributed by atoms with Crippen LogP contribution in [0.3, 0.4) is 0 Å². The molecule has 3 aromatic carbocycles. The Bertz CT molecular complexity index is 1120. The Morgan fingerprint density at radius 3 is 2.20 bits per heavy atom. The average Bonchev–Trinajstić information content (AvgIpc) is 3.22. The van der Waals surface area contributed by atoms with Gasteiger partial charge in [-0.1, -0.05) is 54.6 Å². The molecule has 1 unspecified atom stereocenters. The molecule has 0 saturated heterocycles. The lowest BCUT2D eigenvalue weighted by Crippen LogP contribution is -2.08. The summed E-state index contributed by atoms with van der Waals surface area (Å²) in [5, 5.41) is 2.00. The minimum absolute atomic E-state index is 0.313. The van der Waals surface area contributed by atoms with E-state index in [4.69, 9.17) is 4.74 Å². The predicted octanol–water partition coefficient (Wildman–Crippen LogP) is 7.91. The first kappa shape index (κ1) is 20.2. The Balaban J connectivity index is 1.66. The average molecular weight is 424 g/mol. The van der Waals surface area contributed by atoms with Crippen LogP contribution in [0.5, 0.6) is 5.75 Å². The zero-order valence-electron chi connectivity index (χ0n) is 16.2. The molecule has 152 valence electrons. The third kappa shape index (κ3) is 4.57. The molecule has 30 heavy (non-hydrogen) atoms. The number of hydrogen-bond donors (Lipinski definition) is 0. The molecule has 0 N–H and O–H groups in total. The Kier molecular flexibility index (Phi) is 5.64. The molecule has 1 heterocycles. The van der Waals surface area contributed by atoms with Gasteiger partial charge in [0.05, 0.1) is 5.56 Å². The number of benzene rings is 3. The molecule has 0 fully saturated rings. The van der Waals surface area contributed by atoms with Crippen molar-refractivity contribution in [3.63, 3.8) is 0 Å². The van der Waals surface area contributed by atoms with Crippen molar-refractivity contribution in [3.8, 4) is 16.2 Å². The number of alkyl halides is 3. The number of rotatable bonds is 5. The summed E-state index contributed by atoms with van der Waals surface area (Å²) < 4.78 is 44.9. The summed E-state index contributed by atoms with van der Waals surface area (Å²) in [6, 6.07) is 25.0. The normalized spacial score (nSPS) is 12.5. The smallest absolute Gasteiger partial charge is 0.416 e. The molecule has 5 heteroatoms. The summed E-state index contributed by atoms with van der Waals surface area (Å²) in [4.78, 5) is 0.896. The SMILES string of the molecule is Cc1cccc(OC(c2ccccc2)c2csc(-c3ccc(C(F)(F)F)cc3)c2)c1. The van der Waals surface area contributed by atoms with E-state index in [2.05, 4.69) is 0 Å². The van der Waals surface area contributed by atoms with Crippen LogP contribution in [0.4, 0.5) is 13.2 Å². The van der Waals surface area contributed by atoms with Crippen molar-refractivity contribution in [2.45, 2.75) is 19.2 Å². The van der Waals surface area contributed by atoms with Crippen LogP contribution in [0.15, 0.2) is 90.3 Å². The molecule has 0 spiro atoms. The maximum Gasteiger partial charge on any atom is 0.416 e. The van der Waals surface area contributed by atoms with E-state index in [0.29, 0.717) is 0 Å². The summed E-state index contributed by atoms with van der Waals surface area (Å²) in [6.45, 7) is 2.01. The Morgan fingerprint density at radius 1 is 0.800 bits per heavy atom. The molecule has 0 amide bonds. The maximum atomic E-state index is 12.8. The van der Waals surface area contributed by atoms with E-state index in [1.165, 1.54) is 23.5 Å². The van der Waals surface area contributed by atoms with Gasteiger partial charge in [0.2, 0.25) is 0 Å². The minimum Gasteiger partial charge on any atom is -0.481 e. The zero-order valence-corrected chi connectivity index (χ0v) is 17.0. The van der Waals surface area contributed by atoms with E-state index >= 15 is 0 Å². The molecule has 1 nitrogen and oxygen atoms in total. The molecular weight excluding hydrogens is 405 g/mol. The molecule has 4 aromatic rings. The Morgan fingerprint density at radius 2 is 1.53 bits per heavy atom. The van der Waals surface area contributed by atoms with Crippen LogP contribution in [-0.2, 0) is 6.18 Å². The fourth-order valence-corrected chi connectivity index (χ4v) is 4.18. The van der Waals surface area contributed by atoms with Gasteiger partial charge in [0.1, 0.15) is 11.9 Å². The summed E-state index contributed by atoms with van der Waals surface area (Å²) in [6.07, 6.45) is -4.65. The van der Waals surface area contributed by atoms with Gasteiger partial charge in [0, 0.05) is 10.4 Å². The third-order valence-corrected chi connectivity index (χ3v) is 5.76. The third-order valence-electron chi connectivity index (χ3n) is 4.77. The number of halogens is 3. The first-order valence-electron chi connectivity index (χ1n) is 9.44. The highest BCUT2D eigenvalue weighted by molar-refractivity contribution is 7.13. The van der Waals surface area contributed by atoms with Gasteiger partial charge in [-0.3, -0.25) is 0 Å². The largest absolute Gasteiger partial charge is 0.481 e. The van der Waals surface area contributed by atoms with Gasteiger partial charge in [-0.25, -0.2) is 0 Å². The van der Waals surface area contributed by atoms with E-state index in [0.717, 1.165) is 45.0 Å². The van der Waals surface area contributed by atoms with Gasteiger partial charge >= 0.3 is 6.18 Å². The molecule has 1 aromatic heterocycles. The lowest BCUT2D eigenvalue weighted by Gasteiger charge is -2.19. The zero-order chi connectivity index (χ0) is 21.1. The summed E-state index contributed by atoms with van der Waals surface area (Å²) in [5.41, 5.74) is 3.18. The van der Waals surface area contributed by atoms with Crippen molar-refractivity contribution in [1.29, 1.82) is 0 Å². The van der Waals surface area contributed by atoms with Gasteiger partial charge in [-0.05, 0) is 59.3 Å².